The zero-order valence-electron chi connectivity index (χ0n) is 11.1. The van der Waals surface area contributed by atoms with Crippen molar-refractivity contribution < 1.29 is 4.74 Å². The lowest BCUT2D eigenvalue weighted by atomic mass is 10.3. The Morgan fingerprint density at radius 2 is 2.15 bits per heavy atom. The molecule has 2 aromatic rings. The molecule has 0 bridgehead atoms. The van der Waals surface area contributed by atoms with Crippen LogP contribution in [0, 0.1) is 0 Å². The topological polar surface area (TPSA) is 64.1 Å². The van der Waals surface area contributed by atoms with Gasteiger partial charge in [0.1, 0.15) is 12.4 Å². The molecule has 0 aliphatic carbocycles. The number of rotatable bonds is 5. The van der Waals surface area contributed by atoms with E-state index in [1.54, 1.807) is 6.20 Å². The van der Waals surface area contributed by atoms with Gasteiger partial charge in [-0.2, -0.15) is 0 Å². The molecule has 6 heteroatoms. The second-order valence-electron chi connectivity index (χ2n) is 4.27. The average Bonchev–Trinajstić information content (AvgIpc) is 2.41. The fourth-order valence-corrected chi connectivity index (χ4v) is 2.17. The number of halogens is 1. The first-order valence-corrected chi connectivity index (χ1v) is 7.10. The van der Waals surface area contributed by atoms with Crippen LogP contribution in [0.25, 0.3) is 0 Å². The molecule has 1 heterocycles. The number of hydrogen-bond acceptors (Lipinski definition) is 3. The number of ether oxygens (including phenoxy) is 1. The van der Waals surface area contributed by atoms with E-state index < -0.39 is 5.69 Å². The minimum atomic E-state index is -0.412. The molecular weight excluding hydrogens is 324 g/mol. The highest BCUT2D eigenvalue weighted by Crippen LogP contribution is 2.17. The number of H-pyrrole nitrogens is 1. The van der Waals surface area contributed by atoms with Crippen molar-refractivity contribution in [2.45, 2.75) is 19.9 Å². The van der Waals surface area contributed by atoms with E-state index >= 15 is 0 Å². The number of aromatic nitrogens is 2. The Morgan fingerprint density at radius 3 is 2.85 bits per heavy atom. The van der Waals surface area contributed by atoms with Crippen LogP contribution in [0.15, 0.2) is 44.5 Å². The molecular formula is C14H15BrN2O3. The van der Waals surface area contributed by atoms with Gasteiger partial charge in [0.05, 0.1) is 6.54 Å². The third-order valence-electron chi connectivity index (χ3n) is 2.86. The summed E-state index contributed by atoms with van der Waals surface area (Å²) in [5.41, 5.74) is -0.140. The van der Waals surface area contributed by atoms with E-state index in [9.17, 15) is 9.59 Å². The van der Waals surface area contributed by atoms with Crippen LogP contribution in [0.4, 0.5) is 0 Å². The summed E-state index contributed by atoms with van der Waals surface area (Å²) >= 11 is 3.36. The summed E-state index contributed by atoms with van der Waals surface area (Å²) in [4.78, 5) is 25.4. The molecule has 2 rings (SSSR count). The van der Waals surface area contributed by atoms with Crippen LogP contribution < -0.4 is 16.0 Å². The van der Waals surface area contributed by atoms with Gasteiger partial charge in [-0.15, -0.1) is 0 Å². The molecule has 0 saturated heterocycles. The fraction of sp³-hybridized carbons (Fsp3) is 0.286. The quantitative estimate of drug-likeness (QED) is 0.906. The van der Waals surface area contributed by atoms with Gasteiger partial charge in [-0.1, -0.05) is 28.9 Å². The Labute approximate surface area is 124 Å². The first-order chi connectivity index (χ1) is 9.60. The van der Waals surface area contributed by atoms with Gasteiger partial charge in [0.25, 0.3) is 5.56 Å². The summed E-state index contributed by atoms with van der Waals surface area (Å²) in [5, 5.41) is 0. The molecule has 0 aliphatic rings. The van der Waals surface area contributed by atoms with Crippen LogP contribution in [0.2, 0.25) is 0 Å². The molecule has 0 saturated carbocycles. The maximum absolute atomic E-state index is 11.6. The van der Waals surface area contributed by atoms with Gasteiger partial charge in [-0.25, -0.2) is 4.79 Å². The summed E-state index contributed by atoms with van der Waals surface area (Å²) < 4.78 is 7.96. The smallest absolute Gasteiger partial charge is 0.328 e. The highest BCUT2D eigenvalue weighted by atomic mass is 79.9. The summed E-state index contributed by atoms with van der Waals surface area (Å²) in [5.74, 6) is 0.729. The fourth-order valence-electron chi connectivity index (χ4n) is 1.79. The minimum Gasteiger partial charge on any atom is -0.492 e. The Bertz CT molecular complexity index is 706. The summed E-state index contributed by atoms with van der Waals surface area (Å²) in [7, 11) is 0. The van der Waals surface area contributed by atoms with E-state index in [2.05, 4.69) is 20.9 Å². The molecule has 0 amide bonds. The highest BCUT2D eigenvalue weighted by Gasteiger charge is 2.03. The zero-order chi connectivity index (χ0) is 14.5. The van der Waals surface area contributed by atoms with Gasteiger partial charge in [-0.05, 0) is 24.6 Å². The van der Waals surface area contributed by atoms with Crippen LogP contribution in [0.5, 0.6) is 5.75 Å². The van der Waals surface area contributed by atoms with E-state index in [1.807, 2.05) is 31.2 Å². The average molecular weight is 339 g/mol. The maximum atomic E-state index is 11.6. The van der Waals surface area contributed by atoms with Crippen molar-refractivity contribution in [2.24, 2.45) is 0 Å². The van der Waals surface area contributed by atoms with Crippen molar-refractivity contribution in [3.8, 4) is 5.75 Å². The predicted molar refractivity (Wildman–Crippen MR) is 80.3 cm³/mol. The van der Waals surface area contributed by atoms with Crippen LogP contribution >= 0.6 is 15.9 Å². The van der Waals surface area contributed by atoms with Crippen LogP contribution in [0.3, 0.4) is 0 Å². The van der Waals surface area contributed by atoms with Crippen molar-refractivity contribution in [2.75, 3.05) is 6.61 Å². The number of aromatic amines is 1. The van der Waals surface area contributed by atoms with E-state index in [4.69, 9.17) is 4.74 Å². The van der Waals surface area contributed by atoms with E-state index in [0.717, 1.165) is 10.2 Å². The molecule has 0 radical (unpaired) electrons. The number of aryl methyl sites for hydroxylation is 1. The van der Waals surface area contributed by atoms with Crippen molar-refractivity contribution in [1.82, 2.24) is 9.55 Å². The highest BCUT2D eigenvalue weighted by molar-refractivity contribution is 9.10. The van der Waals surface area contributed by atoms with Gasteiger partial charge in [0.15, 0.2) is 0 Å². The molecule has 0 aliphatic heterocycles. The Kier molecular flexibility index (Phi) is 4.79. The monoisotopic (exact) mass is 338 g/mol. The predicted octanol–water partition coefficient (Wildman–Crippen LogP) is 1.94. The van der Waals surface area contributed by atoms with Crippen LogP contribution in [0.1, 0.15) is 12.5 Å². The number of hydrogen-bond donors (Lipinski definition) is 1. The Balaban J connectivity index is 2.04. The second-order valence-corrected chi connectivity index (χ2v) is 5.18. The van der Waals surface area contributed by atoms with Crippen molar-refractivity contribution in [3.63, 3.8) is 0 Å². The number of nitrogens with one attached hydrogen (secondary N) is 1. The molecule has 0 unspecified atom stereocenters. The summed E-state index contributed by atoms with van der Waals surface area (Å²) in [6, 6.07) is 7.48. The molecule has 1 N–H and O–H groups in total. The van der Waals surface area contributed by atoms with E-state index in [0.29, 0.717) is 25.1 Å². The van der Waals surface area contributed by atoms with Crippen LogP contribution in [-0.2, 0) is 13.0 Å². The van der Waals surface area contributed by atoms with E-state index in [1.165, 1.54) is 4.57 Å². The molecule has 106 valence electrons. The van der Waals surface area contributed by atoms with Crippen LogP contribution in [-0.4, -0.2) is 16.2 Å². The van der Waals surface area contributed by atoms with Crippen molar-refractivity contribution in [3.05, 3.63) is 61.3 Å². The second kappa shape index (κ2) is 6.56. The third kappa shape index (κ3) is 3.60. The lowest BCUT2D eigenvalue weighted by molar-refractivity contribution is 0.295. The minimum absolute atomic E-state index is 0.318. The number of nitrogens with zero attached hydrogens (tertiary/aromatic N) is 1. The largest absolute Gasteiger partial charge is 0.492 e. The van der Waals surface area contributed by atoms with Gasteiger partial charge in [-0.3, -0.25) is 14.3 Å². The zero-order valence-corrected chi connectivity index (χ0v) is 12.6. The SMILES string of the molecule is CCc1cn(CCOc2cccc(Br)c2)c(=O)[nH]c1=O. The van der Waals surface area contributed by atoms with Crippen molar-refractivity contribution >= 4 is 15.9 Å². The maximum Gasteiger partial charge on any atom is 0.328 e. The Hall–Kier alpha value is -1.82. The third-order valence-corrected chi connectivity index (χ3v) is 3.36. The summed E-state index contributed by atoms with van der Waals surface area (Å²) in [6.07, 6.45) is 2.17. The molecule has 0 fully saturated rings. The lowest BCUT2D eigenvalue weighted by Gasteiger charge is -2.09. The molecule has 1 aromatic heterocycles. The molecule has 0 atom stereocenters. The lowest BCUT2D eigenvalue weighted by Crippen LogP contribution is -2.32. The number of benzene rings is 1. The van der Waals surface area contributed by atoms with Gasteiger partial charge in [0, 0.05) is 16.2 Å². The van der Waals surface area contributed by atoms with Gasteiger partial charge < -0.3 is 4.74 Å². The first-order valence-electron chi connectivity index (χ1n) is 6.31. The molecule has 20 heavy (non-hydrogen) atoms. The van der Waals surface area contributed by atoms with Gasteiger partial charge >= 0.3 is 5.69 Å². The molecule has 1 aromatic carbocycles. The van der Waals surface area contributed by atoms with E-state index in [-0.39, 0.29) is 5.56 Å². The normalized spacial score (nSPS) is 10.5. The molecule has 0 spiro atoms. The first kappa shape index (κ1) is 14.6. The van der Waals surface area contributed by atoms with Crippen molar-refractivity contribution in [1.29, 1.82) is 0 Å². The molecule has 5 nitrogen and oxygen atoms in total. The summed E-state index contributed by atoms with van der Waals surface area (Å²) in [6.45, 7) is 2.61. The Morgan fingerprint density at radius 1 is 1.35 bits per heavy atom. The standard InChI is InChI=1S/C14H15BrN2O3/c1-2-10-9-17(14(19)16-13(10)18)6-7-20-12-5-3-4-11(15)8-12/h3-5,8-9H,2,6-7H2,1H3,(H,16,18,19). The van der Waals surface area contributed by atoms with Gasteiger partial charge in [0.2, 0.25) is 0 Å².